The average molecular weight is 523 g/mol. The molecule has 1 aliphatic heterocycles. The van der Waals surface area contributed by atoms with Crippen molar-refractivity contribution in [3.05, 3.63) is 29.3 Å². The third kappa shape index (κ3) is 5.85. The molecule has 0 aromatic heterocycles. The van der Waals surface area contributed by atoms with Crippen LogP contribution in [0.1, 0.15) is 31.4 Å². The van der Waals surface area contributed by atoms with Crippen LogP contribution in [0.2, 0.25) is 0 Å². The van der Waals surface area contributed by atoms with Gasteiger partial charge in [0.15, 0.2) is 0 Å². The van der Waals surface area contributed by atoms with E-state index in [1.54, 1.807) is 0 Å². The predicted molar refractivity (Wildman–Crippen MR) is 119 cm³/mol. The Kier molecular flexibility index (Phi) is 9.02. The minimum atomic E-state index is -4.84. The zero-order valence-corrected chi connectivity index (χ0v) is 20.0. The Morgan fingerprint density at radius 1 is 1.21 bits per heavy atom. The number of urea groups is 1. The van der Waals surface area contributed by atoms with Crippen molar-refractivity contribution in [1.29, 1.82) is 5.26 Å². The number of nitrogens with zero attached hydrogens (tertiary/aromatic N) is 4. The normalized spacial score (nSPS) is 15.5. The van der Waals surface area contributed by atoms with Crippen molar-refractivity contribution in [2.45, 2.75) is 32.0 Å². The van der Waals surface area contributed by atoms with Crippen LogP contribution in [-0.2, 0) is 15.7 Å². The maximum absolute atomic E-state index is 13.3. The van der Waals surface area contributed by atoms with E-state index in [0.29, 0.717) is 11.0 Å². The van der Waals surface area contributed by atoms with Gasteiger partial charge in [-0.2, -0.15) is 18.4 Å². The second kappa shape index (κ2) is 11.1. The highest BCUT2D eigenvalue weighted by Crippen LogP contribution is 2.37. The van der Waals surface area contributed by atoms with Crippen molar-refractivity contribution in [3.8, 4) is 6.07 Å². The van der Waals surface area contributed by atoms with Gasteiger partial charge in [0.1, 0.15) is 5.54 Å². The van der Waals surface area contributed by atoms with Crippen LogP contribution in [0, 0.1) is 11.3 Å². The molecule has 2 rings (SSSR count). The topological polar surface area (TPSA) is 94.0 Å². The second-order valence-corrected chi connectivity index (χ2v) is 8.56. The number of imide groups is 1. The molecule has 186 valence electrons. The molecule has 34 heavy (non-hydrogen) atoms. The van der Waals surface area contributed by atoms with Crippen LogP contribution >= 0.6 is 23.2 Å². The van der Waals surface area contributed by atoms with Crippen LogP contribution in [0.25, 0.3) is 0 Å². The van der Waals surface area contributed by atoms with E-state index in [-0.39, 0.29) is 50.1 Å². The number of benzene rings is 1. The van der Waals surface area contributed by atoms with E-state index in [2.05, 4.69) is 0 Å². The van der Waals surface area contributed by atoms with Crippen LogP contribution in [0.4, 0.5) is 28.4 Å². The zero-order valence-electron chi connectivity index (χ0n) is 18.5. The van der Waals surface area contributed by atoms with Crippen molar-refractivity contribution >= 4 is 46.9 Å². The molecule has 8 nitrogen and oxygen atoms in total. The summed E-state index contributed by atoms with van der Waals surface area (Å²) in [7, 11) is 0. The number of hydrogen-bond acceptors (Lipinski definition) is 5. The monoisotopic (exact) mass is 522 g/mol. The third-order valence-corrected chi connectivity index (χ3v) is 5.57. The molecule has 1 heterocycles. The van der Waals surface area contributed by atoms with Crippen molar-refractivity contribution in [1.82, 2.24) is 9.80 Å². The summed E-state index contributed by atoms with van der Waals surface area (Å²) in [4.78, 5) is 41.2. The number of rotatable bonds is 9. The molecule has 0 saturated carbocycles. The minimum absolute atomic E-state index is 0.00870. The molecule has 0 bridgehead atoms. The van der Waals surface area contributed by atoms with Gasteiger partial charge in [0.05, 0.1) is 29.5 Å². The van der Waals surface area contributed by atoms with Crippen LogP contribution in [-0.4, -0.2) is 71.4 Å². The maximum Gasteiger partial charge on any atom is 0.417 e. The number of halogens is 5. The maximum atomic E-state index is 13.3. The molecule has 4 amide bonds. The Morgan fingerprint density at radius 2 is 1.82 bits per heavy atom. The summed E-state index contributed by atoms with van der Waals surface area (Å²) in [5.41, 5.74) is -3.50. The van der Waals surface area contributed by atoms with E-state index >= 15 is 0 Å². The Morgan fingerprint density at radius 3 is 2.35 bits per heavy atom. The molecule has 0 atom stereocenters. The van der Waals surface area contributed by atoms with Gasteiger partial charge in [-0.05, 0) is 38.5 Å². The molecule has 0 radical (unpaired) electrons. The van der Waals surface area contributed by atoms with E-state index in [1.165, 1.54) is 29.7 Å². The summed E-state index contributed by atoms with van der Waals surface area (Å²) in [6.07, 6.45) is -5.28. The molecule has 0 aliphatic carbocycles. The van der Waals surface area contributed by atoms with Gasteiger partial charge < -0.3 is 14.5 Å². The summed E-state index contributed by atoms with van der Waals surface area (Å²) in [5.74, 6) is -0.319. The van der Waals surface area contributed by atoms with Gasteiger partial charge in [-0.3, -0.25) is 4.79 Å². The largest absolute Gasteiger partial charge is 0.449 e. The standard InChI is InChI=1S/C21H23Cl2F3N4O4/c1-20(2)17(31)30(15-5-4-14(13-27)16(12-15)21(24,25)26)18(32)29(20)8-3-11-34-19(33)28(9-6-22)10-7-23/h4-5,12H,3,6-11H2,1-2H3. The van der Waals surface area contributed by atoms with Gasteiger partial charge in [-0.25, -0.2) is 14.5 Å². The summed E-state index contributed by atoms with van der Waals surface area (Å²) >= 11 is 11.3. The smallest absolute Gasteiger partial charge is 0.417 e. The van der Waals surface area contributed by atoms with E-state index in [4.69, 9.17) is 33.2 Å². The summed E-state index contributed by atoms with van der Waals surface area (Å²) in [6.45, 7) is 3.38. The van der Waals surface area contributed by atoms with Gasteiger partial charge in [0.2, 0.25) is 0 Å². The highest BCUT2D eigenvalue weighted by Gasteiger charge is 2.52. The number of ether oxygens (including phenoxy) is 1. The SMILES string of the molecule is CC1(C)C(=O)N(c2ccc(C#N)c(C(F)(F)F)c2)C(=O)N1CCCOC(=O)N(CCCl)CCCl. The number of anilines is 1. The number of nitriles is 1. The molecule has 13 heteroatoms. The first-order chi connectivity index (χ1) is 15.9. The highest BCUT2D eigenvalue weighted by molar-refractivity contribution is 6.23. The Labute approximate surface area is 204 Å². The number of carbonyl (C=O) groups is 3. The van der Waals surface area contributed by atoms with Crippen molar-refractivity contribution < 1.29 is 32.3 Å². The molecule has 1 aromatic carbocycles. The second-order valence-electron chi connectivity index (χ2n) is 7.81. The van der Waals surface area contributed by atoms with E-state index in [9.17, 15) is 27.6 Å². The molecule has 0 spiro atoms. The fourth-order valence-corrected chi connectivity index (χ4v) is 3.82. The lowest BCUT2D eigenvalue weighted by Crippen LogP contribution is -2.45. The van der Waals surface area contributed by atoms with Crippen molar-refractivity contribution in [3.63, 3.8) is 0 Å². The molecule has 1 aliphatic rings. The number of carbonyl (C=O) groups excluding carboxylic acids is 3. The van der Waals surface area contributed by atoms with Crippen LogP contribution < -0.4 is 4.90 Å². The molecule has 1 aromatic rings. The van der Waals surface area contributed by atoms with Gasteiger partial charge in [0, 0.05) is 31.4 Å². The lowest BCUT2D eigenvalue weighted by Gasteiger charge is -2.27. The van der Waals surface area contributed by atoms with Gasteiger partial charge in [-0.1, -0.05) is 0 Å². The lowest BCUT2D eigenvalue weighted by molar-refractivity contribution is -0.137. The number of hydrogen-bond donors (Lipinski definition) is 0. The highest BCUT2D eigenvalue weighted by atomic mass is 35.5. The molecule has 0 unspecified atom stereocenters. The van der Waals surface area contributed by atoms with Gasteiger partial charge in [-0.15, -0.1) is 23.2 Å². The van der Waals surface area contributed by atoms with Crippen LogP contribution in [0.3, 0.4) is 0 Å². The first-order valence-corrected chi connectivity index (χ1v) is 11.3. The summed E-state index contributed by atoms with van der Waals surface area (Å²) in [5, 5.41) is 8.96. The Hall–Kier alpha value is -2.71. The fraction of sp³-hybridized carbons (Fsp3) is 0.524. The molecule has 0 N–H and O–H groups in total. The van der Waals surface area contributed by atoms with E-state index < -0.39 is 40.9 Å². The van der Waals surface area contributed by atoms with Crippen molar-refractivity contribution in [2.24, 2.45) is 0 Å². The fourth-order valence-electron chi connectivity index (χ4n) is 3.41. The van der Waals surface area contributed by atoms with E-state index in [0.717, 1.165) is 12.1 Å². The van der Waals surface area contributed by atoms with Crippen LogP contribution in [0.15, 0.2) is 18.2 Å². The average Bonchev–Trinajstić information content (AvgIpc) is 2.94. The Balaban J connectivity index is 2.14. The Bertz CT molecular complexity index is 976. The zero-order chi connectivity index (χ0) is 25.7. The lowest BCUT2D eigenvalue weighted by atomic mass is 10.0. The summed E-state index contributed by atoms with van der Waals surface area (Å²) < 4.78 is 45.2. The molecular weight excluding hydrogens is 500 g/mol. The molecular formula is C21H23Cl2F3N4O4. The summed E-state index contributed by atoms with van der Waals surface area (Å²) in [6, 6.07) is 3.29. The molecule has 1 fully saturated rings. The number of amides is 4. The van der Waals surface area contributed by atoms with Crippen LogP contribution in [0.5, 0.6) is 0 Å². The quantitative estimate of drug-likeness (QED) is 0.271. The van der Waals surface area contributed by atoms with E-state index in [1.807, 2.05) is 0 Å². The predicted octanol–water partition coefficient (Wildman–Crippen LogP) is 4.43. The van der Waals surface area contributed by atoms with Crippen molar-refractivity contribution in [2.75, 3.05) is 42.9 Å². The first kappa shape index (κ1) is 27.5. The third-order valence-electron chi connectivity index (χ3n) is 5.23. The number of alkyl halides is 5. The van der Waals surface area contributed by atoms with Gasteiger partial charge in [0.25, 0.3) is 5.91 Å². The first-order valence-electron chi connectivity index (χ1n) is 10.2. The minimum Gasteiger partial charge on any atom is -0.449 e. The molecule has 1 saturated heterocycles. The van der Waals surface area contributed by atoms with Gasteiger partial charge >= 0.3 is 18.3 Å².